The highest BCUT2D eigenvalue weighted by Gasteiger charge is 2.20. The molecule has 34 heavy (non-hydrogen) atoms. The molecular weight excluding hydrogens is 452 g/mol. The molecule has 0 spiro atoms. The summed E-state index contributed by atoms with van der Waals surface area (Å²) in [7, 11) is 1.58. The topological polar surface area (TPSA) is 102 Å². The van der Waals surface area contributed by atoms with Crippen molar-refractivity contribution in [2.45, 2.75) is 76.1 Å². The van der Waals surface area contributed by atoms with Gasteiger partial charge in [0.2, 0.25) is 0 Å². The van der Waals surface area contributed by atoms with E-state index in [-0.39, 0.29) is 13.2 Å². The van der Waals surface area contributed by atoms with Crippen molar-refractivity contribution >= 4 is 22.9 Å². The van der Waals surface area contributed by atoms with E-state index in [1.165, 1.54) is 43.1 Å². The molecule has 186 valence electrons. The number of unbranched alkanes of at least 4 members (excludes halogenated alkanes) is 7. The molecule has 3 rings (SSSR count). The number of aromatic nitrogens is 4. The van der Waals surface area contributed by atoms with Crippen molar-refractivity contribution in [3.8, 4) is 5.75 Å². The third kappa shape index (κ3) is 7.24. The highest BCUT2D eigenvalue weighted by molar-refractivity contribution is 7.99. The third-order valence-electron chi connectivity index (χ3n) is 5.78. The van der Waals surface area contributed by atoms with Gasteiger partial charge in [0.05, 0.1) is 6.54 Å². The van der Waals surface area contributed by atoms with Gasteiger partial charge in [0.15, 0.2) is 16.3 Å². The molecule has 1 atom stereocenters. The summed E-state index contributed by atoms with van der Waals surface area (Å²) in [6, 6.07) is 9.28. The average molecular weight is 489 g/mol. The van der Waals surface area contributed by atoms with Crippen LogP contribution in [0.2, 0.25) is 0 Å². The summed E-state index contributed by atoms with van der Waals surface area (Å²) in [5.74, 6) is 1.53. The lowest BCUT2D eigenvalue weighted by Gasteiger charge is -2.15. The Morgan fingerprint density at radius 1 is 1.06 bits per heavy atom. The molecule has 8 nitrogen and oxygen atoms in total. The Kier molecular flexibility index (Phi) is 10.3. The molecule has 0 fully saturated rings. The number of rotatable bonds is 15. The van der Waals surface area contributed by atoms with E-state index >= 15 is 0 Å². The van der Waals surface area contributed by atoms with Gasteiger partial charge in [-0.2, -0.15) is 0 Å². The Morgan fingerprint density at radius 2 is 1.74 bits per heavy atom. The van der Waals surface area contributed by atoms with Crippen molar-refractivity contribution in [2.24, 2.45) is 7.05 Å². The molecule has 0 aliphatic carbocycles. The maximum Gasteiger partial charge on any atom is 0.329 e. The van der Waals surface area contributed by atoms with Gasteiger partial charge in [0.1, 0.15) is 18.5 Å². The predicted molar refractivity (Wildman–Crippen MR) is 137 cm³/mol. The number of para-hydroxylation sites is 1. The maximum absolute atomic E-state index is 12.6. The number of fused-ring (bicyclic) bond motifs is 1. The molecule has 2 heterocycles. The minimum Gasteiger partial charge on any atom is -0.491 e. The van der Waals surface area contributed by atoms with E-state index in [2.05, 4.69) is 16.9 Å². The minimum atomic E-state index is -0.850. The van der Waals surface area contributed by atoms with E-state index in [0.717, 1.165) is 18.6 Å². The first kappa shape index (κ1) is 26.1. The lowest BCUT2D eigenvalue weighted by molar-refractivity contribution is 0.0914. The van der Waals surface area contributed by atoms with E-state index in [1.54, 1.807) is 23.4 Å². The normalized spacial score (nSPS) is 12.3. The van der Waals surface area contributed by atoms with Crippen LogP contribution >= 0.6 is 11.8 Å². The van der Waals surface area contributed by atoms with E-state index < -0.39 is 17.4 Å². The largest absolute Gasteiger partial charge is 0.491 e. The summed E-state index contributed by atoms with van der Waals surface area (Å²) in [5, 5.41) is 11.3. The van der Waals surface area contributed by atoms with Gasteiger partial charge in [-0.25, -0.2) is 9.78 Å². The second-order valence-electron chi connectivity index (χ2n) is 8.60. The monoisotopic (exact) mass is 488 g/mol. The van der Waals surface area contributed by atoms with Gasteiger partial charge in [0.25, 0.3) is 5.56 Å². The molecule has 2 N–H and O–H groups in total. The zero-order valence-corrected chi connectivity index (χ0v) is 21.0. The molecule has 0 aliphatic rings. The Bertz CT molecular complexity index is 1140. The number of nitrogens with zero attached hydrogens (tertiary/aromatic N) is 3. The van der Waals surface area contributed by atoms with Gasteiger partial charge in [-0.15, -0.1) is 0 Å². The van der Waals surface area contributed by atoms with Gasteiger partial charge < -0.3 is 14.4 Å². The van der Waals surface area contributed by atoms with Crippen molar-refractivity contribution in [1.29, 1.82) is 0 Å². The van der Waals surface area contributed by atoms with Gasteiger partial charge >= 0.3 is 5.69 Å². The van der Waals surface area contributed by atoms with Crippen molar-refractivity contribution in [3.63, 3.8) is 0 Å². The van der Waals surface area contributed by atoms with E-state index in [0.29, 0.717) is 22.1 Å². The smallest absolute Gasteiger partial charge is 0.329 e. The maximum atomic E-state index is 12.6. The van der Waals surface area contributed by atoms with Crippen molar-refractivity contribution in [3.05, 3.63) is 51.2 Å². The molecular formula is C25H36N4O4S. The summed E-state index contributed by atoms with van der Waals surface area (Å²) < 4.78 is 8.71. The zero-order chi connectivity index (χ0) is 24.3. The first-order valence-corrected chi connectivity index (χ1v) is 13.2. The molecule has 0 saturated heterocycles. The Balaban J connectivity index is 1.65. The van der Waals surface area contributed by atoms with E-state index in [1.807, 2.05) is 30.3 Å². The summed E-state index contributed by atoms with van der Waals surface area (Å²) in [6.45, 7) is 2.45. The van der Waals surface area contributed by atoms with Crippen molar-refractivity contribution < 1.29 is 9.84 Å². The number of aryl methyl sites for hydroxylation is 1. The van der Waals surface area contributed by atoms with Crippen molar-refractivity contribution in [2.75, 3.05) is 12.4 Å². The highest BCUT2D eigenvalue weighted by atomic mass is 32.2. The molecule has 1 unspecified atom stereocenters. The van der Waals surface area contributed by atoms with Crippen LogP contribution in [0.3, 0.4) is 0 Å². The number of aromatic amines is 1. The lowest BCUT2D eigenvalue weighted by Crippen LogP contribution is -2.30. The standard InChI is InChI=1S/C25H36N4O4S/c1-3-4-5-6-7-8-9-13-16-34-25-26-22-21(23(31)27-24(32)28(22)2)29(25)17-19(30)18-33-20-14-11-10-12-15-20/h10-12,14-15,19,30H,3-9,13,16-18H2,1-2H3,(H,27,31,32). The fourth-order valence-corrected chi connectivity index (χ4v) is 4.87. The van der Waals surface area contributed by atoms with Crippen molar-refractivity contribution in [1.82, 2.24) is 19.1 Å². The number of thioether (sulfide) groups is 1. The average Bonchev–Trinajstić information content (AvgIpc) is 3.19. The molecule has 0 bridgehead atoms. The lowest BCUT2D eigenvalue weighted by atomic mass is 10.1. The number of nitrogens with one attached hydrogen (secondary N) is 1. The minimum absolute atomic E-state index is 0.0789. The number of hydrogen-bond acceptors (Lipinski definition) is 6. The van der Waals surface area contributed by atoms with Crippen LogP contribution in [0, 0.1) is 0 Å². The van der Waals surface area contributed by atoms with Crippen LogP contribution in [0.15, 0.2) is 45.1 Å². The summed E-state index contributed by atoms with van der Waals surface area (Å²) in [6.07, 6.45) is 9.06. The van der Waals surface area contributed by atoms with E-state index in [4.69, 9.17) is 4.74 Å². The van der Waals surface area contributed by atoms with Gasteiger partial charge in [-0.05, 0) is 18.6 Å². The van der Waals surface area contributed by atoms with Crippen LogP contribution in [-0.2, 0) is 13.6 Å². The zero-order valence-electron chi connectivity index (χ0n) is 20.2. The van der Waals surface area contributed by atoms with Crippen LogP contribution < -0.4 is 16.0 Å². The Labute approximate surface area is 204 Å². The predicted octanol–water partition coefficient (Wildman–Crippen LogP) is 4.10. The molecule has 3 aromatic rings. The number of H-pyrrole nitrogens is 1. The second kappa shape index (κ2) is 13.4. The molecule has 1 aromatic carbocycles. The number of benzene rings is 1. The fraction of sp³-hybridized carbons (Fsp3) is 0.560. The Hall–Kier alpha value is -2.52. The van der Waals surface area contributed by atoms with Gasteiger partial charge in [-0.3, -0.25) is 14.3 Å². The number of aliphatic hydroxyl groups excluding tert-OH is 1. The SMILES string of the molecule is CCCCCCCCCCSc1nc2c(c(=O)[nH]c(=O)n2C)n1CC(O)COc1ccccc1. The number of hydrogen-bond donors (Lipinski definition) is 2. The molecule has 9 heteroatoms. The molecule has 0 amide bonds. The Morgan fingerprint density at radius 3 is 2.44 bits per heavy atom. The van der Waals surface area contributed by atoms with Crippen LogP contribution in [-0.4, -0.2) is 42.7 Å². The van der Waals surface area contributed by atoms with Gasteiger partial charge in [-0.1, -0.05) is 81.8 Å². The van der Waals surface area contributed by atoms with Crippen LogP contribution in [0.4, 0.5) is 0 Å². The van der Waals surface area contributed by atoms with Crippen LogP contribution in [0.25, 0.3) is 11.2 Å². The second-order valence-corrected chi connectivity index (χ2v) is 9.66. The molecule has 0 aliphatic heterocycles. The number of imidazole rings is 1. The summed E-state index contributed by atoms with van der Waals surface area (Å²) in [4.78, 5) is 31.6. The first-order chi connectivity index (χ1) is 16.5. The number of aliphatic hydroxyl groups is 1. The highest BCUT2D eigenvalue weighted by Crippen LogP contribution is 2.24. The molecule has 0 radical (unpaired) electrons. The summed E-state index contributed by atoms with van der Waals surface area (Å²) in [5.41, 5.74) is -0.391. The fourth-order valence-electron chi connectivity index (χ4n) is 3.87. The van der Waals surface area contributed by atoms with Crippen LogP contribution in [0.1, 0.15) is 58.3 Å². The van der Waals surface area contributed by atoms with E-state index in [9.17, 15) is 14.7 Å². The number of ether oxygens (including phenoxy) is 1. The summed E-state index contributed by atoms with van der Waals surface area (Å²) >= 11 is 1.56. The van der Waals surface area contributed by atoms with Gasteiger partial charge in [0, 0.05) is 12.8 Å². The third-order valence-corrected chi connectivity index (χ3v) is 6.84. The van der Waals surface area contributed by atoms with Crippen LogP contribution in [0.5, 0.6) is 5.75 Å². The quantitative estimate of drug-likeness (QED) is 0.247. The molecule has 0 saturated carbocycles. The molecule has 2 aromatic heterocycles. The first-order valence-electron chi connectivity index (χ1n) is 12.2.